The molecule has 0 aromatic carbocycles. The highest BCUT2D eigenvalue weighted by Crippen LogP contribution is 1.99. The van der Waals surface area contributed by atoms with Crippen LogP contribution in [-0.2, 0) is 10.0 Å². The van der Waals surface area contributed by atoms with Gasteiger partial charge in [0.25, 0.3) is 0 Å². The van der Waals surface area contributed by atoms with Gasteiger partial charge >= 0.3 is 0 Å². The highest BCUT2D eigenvalue weighted by atomic mass is 35.7. The predicted molar refractivity (Wildman–Crippen MR) is 34.0 cm³/mol. The molecule has 0 saturated heterocycles. The van der Waals surface area contributed by atoms with Gasteiger partial charge in [-0.15, -0.1) is 0 Å². The van der Waals surface area contributed by atoms with Crippen molar-refractivity contribution in [2.24, 2.45) is 0 Å². The van der Waals surface area contributed by atoms with Crippen LogP contribution in [0.25, 0.3) is 0 Å². The summed E-state index contributed by atoms with van der Waals surface area (Å²) in [5, 5.41) is 0. The SMILES string of the molecule is CC(F)CCS(=O)Cl. The first-order valence-corrected chi connectivity index (χ1v) is 4.46. The van der Waals surface area contributed by atoms with Gasteiger partial charge in [0, 0.05) is 5.75 Å². The van der Waals surface area contributed by atoms with Gasteiger partial charge in [-0.2, -0.15) is 0 Å². The maximum atomic E-state index is 11.9. The van der Waals surface area contributed by atoms with Gasteiger partial charge in [0.05, 0.1) is 6.17 Å². The Morgan fingerprint density at radius 1 is 1.88 bits per heavy atom. The minimum atomic E-state index is -1.35. The first-order valence-electron chi connectivity index (χ1n) is 2.31. The molecule has 0 aliphatic carbocycles. The molecule has 0 aromatic rings. The van der Waals surface area contributed by atoms with Gasteiger partial charge in [0.2, 0.25) is 0 Å². The Balaban J connectivity index is 3.05. The second-order valence-corrected chi connectivity index (χ2v) is 3.58. The van der Waals surface area contributed by atoms with Gasteiger partial charge in [-0.1, -0.05) is 0 Å². The zero-order valence-electron chi connectivity index (χ0n) is 4.56. The van der Waals surface area contributed by atoms with E-state index in [1.54, 1.807) is 0 Å². The molecule has 0 N–H and O–H groups in total. The average Bonchev–Trinajstić information content (AvgIpc) is 1.61. The van der Waals surface area contributed by atoms with Crippen molar-refractivity contribution in [1.29, 1.82) is 0 Å². The number of hydrogen-bond donors (Lipinski definition) is 0. The zero-order valence-corrected chi connectivity index (χ0v) is 6.14. The fraction of sp³-hybridized carbons (Fsp3) is 1.00. The summed E-state index contributed by atoms with van der Waals surface area (Å²) in [6.07, 6.45) is -0.603. The molecule has 0 aliphatic heterocycles. The smallest absolute Gasteiger partial charge is 0.115 e. The zero-order chi connectivity index (χ0) is 6.57. The molecular formula is C4H8ClFOS. The lowest BCUT2D eigenvalue weighted by molar-refractivity contribution is 0.354. The van der Waals surface area contributed by atoms with E-state index in [0.29, 0.717) is 0 Å². The molecule has 0 radical (unpaired) electrons. The quantitative estimate of drug-likeness (QED) is 0.571. The van der Waals surface area contributed by atoms with Crippen LogP contribution in [0.3, 0.4) is 0 Å². The van der Waals surface area contributed by atoms with Crippen LogP contribution in [0.5, 0.6) is 0 Å². The Bertz CT molecular complexity index is 86.1. The van der Waals surface area contributed by atoms with Crippen molar-refractivity contribution in [2.75, 3.05) is 5.75 Å². The van der Waals surface area contributed by atoms with Gasteiger partial charge in [-0.25, -0.2) is 8.60 Å². The fourth-order valence-corrected chi connectivity index (χ4v) is 1.03. The Morgan fingerprint density at radius 2 is 2.38 bits per heavy atom. The second-order valence-electron chi connectivity index (χ2n) is 1.56. The predicted octanol–water partition coefficient (Wildman–Crippen LogP) is 1.64. The van der Waals surface area contributed by atoms with Gasteiger partial charge in [-0.3, -0.25) is 0 Å². The van der Waals surface area contributed by atoms with Gasteiger partial charge in [0.15, 0.2) is 0 Å². The second kappa shape index (κ2) is 4.27. The molecule has 50 valence electrons. The van der Waals surface area contributed by atoms with Crippen molar-refractivity contribution in [3.63, 3.8) is 0 Å². The lowest BCUT2D eigenvalue weighted by atomic mass is 10.3. The van der Waals surface area contributed by atoms with Gasteiger partial charge in [-0.05, 0) is 24.0 Å². The number of hydrogen-bond acceptors (Lipinski definition) is 1. The molecule has 1 nitrogen and oxygen atoms in total. The summed E-state index contributed by atoms with van der Waals surface area (Å²) in [5.41, 5.74) is 0. The lowest BCUT2D eigenvalue weighted by Crippen LogP contribution is -1.98. The molecule has 0 spiro atoms. The molecule has 0 rings (SSSR count). The summed E-state index contributed by atoms with van der Waals surface area (Å²) in [7, 11) is 3.67. The number of rotatable bonds is 3. The Hall–Kier alpha value is 0.370. The first-order chi connectivity index (χ1) is 3.63. The molecule has 0 aromatic heterocycles. The van der Waals surface area contributed by atoms with Crippen LogP contribution in [0.2, 0.25) is 0 Å². The standard InChI is InChI=1S/C4H8ClFOS/c1-4(6)2-3-8(5)7/h4H,2-3H2,1H3. The molecule has 0 aliphatic rings. The normalized spacial score (nSPS) is 17.9. The molecule has 0 amide bonds. The van der Waals surface area contributed by atoms with Gasteiger partial charge in [0.1, 0.15) is 10.0 Å². The molecule has 4 heteroatoms. The number of alkyl halides is 1. The third kappa shape index (κ3) is 6.37. The molecule has 0 bridgehead atoms. The van der Waals surface area contributed by atoms with Crippen LogP contribution in [0.1, 0.15) is 13.3 Å². The van der Waals surface area contributed by atoms with Crippen molar-refractivity contribution < 1.29 is 8.60 Å². The lowest BCUT2D eigenvalue weighted by Gasteiger charge is -1.94. The third-order valence-corrected chi connectivity index (χ3v) is 1.70. The minimum Gasteiger partial charge on any atom is -0.248 e. The van der Waals surface area contributed by atoms with Crippen molar-refractivity contribution in [2.45, 2.75) is 19.5 Å². The van der Waals surface area contributed by atoms with Crippen LogP contribution in [0, 0.1) is 0 Å². The van der Waals surface area contributed by atoms with Crippen LogP contribution >= 0.6 is 10.7 Å². The highest BCUT2D eigenvalue weighted by Gasteiger charge is 1.99. The number of halogens is 2. The van der Waals surface area contributed by atoms with Crippen molar-refractivity contribution >= 4 is 20.7 Å². The molecule has 2 unspecified atom stereocenters. The first kappa shape index (κ1) is 8.37. The van der Waals surface area contributed by atoms with Crippen LogP contribution in [0.4, 0.5) is 4.39 Å². The molecule has 0 saturated carbocycles. The summed E-state index contributed by atoms with van der Waals surface area (Å²) >= 11 is 0. The maximum Gasteiger partial charge on any atom is 0.115 e. The van der Waals surface area contributed by atoms with E-state index in [4.69, 9.17) is 10.7 Å². The van der Waals surface area contributed by atoms with E-state index in [1.807, 2.05) is 0 Å². The Morgan fingerprint density at radius 3 is 2.50 bits per heavy atom. The summed E-state index contributed by atoms with van der Waals surface area (Å²) in [6, 6.07) is 0. The summed E-state index contributed by atoms with van der Waals surface area (Å²) in [6.45, 7) is 1.42. The van der Waals surface area contributed by atoms with E-state index in [-0.39, 0.29) is 12.2 Å². The van der Waals surface area contributed by atoms with E-state index >= 15 is 0 Å². The molecule has 2 atom stereocenters. The molecule has 8 heavy (non-hydrogen) atoms. The van der Waals surface area contributed by atoms with Crippen LogP contribution in [-0.4, -0.2) is 16.1 Å². The summed E-state index contributed by atoms with van der Waals surface area (Å²) in [5.74, 6) is 0.249. The average molecular weight is 159 g/mol. The topological polar surface area (TPSA) is 17.1 Å². The van der Waals surface area contributed by atoms with E-state index in [9.17, 15) is 8.60 Å². The monoisotopic (exact) mass is 158 g/mol. The largest absolute Gasteiger partial charge is 0.248 e. The van der Waals surface area contributed by atoms with E-state index in [1.165, 1.54) is 6.92 Å². The van der Waals surface area contributed by atoms with Crippen molar-refractivity contribution in [1.82, 2.24) is 0 Å². The summed E-state index contributed by atoms with van der Waals surface area (Å²) < 4.78 is 21.9. The Kier molecular flexibility index (Phi) is 4.47. The molecule has 0 heterocycles. The van der Waals surface area contributed by atoms with Crippen LogP contribution < -0.4 is 0 Å². The third-order valence-electron chi connectivity index (χ3n) is 0.676. The molecule has 0 fully saturated rings. The van der Waals surface area contributed by atoms with Crippen molar-refractivity contribution in [3.8, 4) is 0 Å². The maximum absolute atomic E-state index is 11.9. The van der Waals surface area contributed by atoms with E-state index in [2.05, 4.69) is 0 Å². The van der Waals surface area contributed by atoms with Crippen LogP contribution in [0.15, 0.2) is 0 Å². The van der Waals surface area contributed by atoms with Crippen molar-refractivity contribution in [3.05, 3.63) is 0 Å². The van der Waals surface area contributed by atoms with E-state index in [0.717, 1.165) is 0 Å². The Labute approximate surface area is 55.2 Å². The van der Waals surface area contributed by atoms with Gasteiger partial charge < -0.3 is 0 Å². The highest BCUT2D eigenvalue weighted by molar-refractivity contribution is 8.08. The summed E-state index contributed by atoms with van der Waals surface area (Å²) in [4.78, 5) is 0. The fourth-order valence-electron chi connectivity index (χ4n) is 0.255. The van der Waals surface area contributed by atoms with E-state index < -0.39 is 16.2 Å². The molecular weight excluding hydrogens is 151 g/mol. The minimum absolute atomic E-state index is 0.249.